The number of sulfonamides is 1. The fraction of sp³-hybridized carbons (Fsp3) is 0.421. The first-order valence-electron chi connectivity index (χ1n) is 9.38. The van der Waals surface area contributed by atoms with Gasteiger partial charge in [-0.3, -0.25) is 4.79 Å². The summed E-state index contributed by atoms with van der Waals surface area (Å²) in [5, 5.41) is 0.255. The molecule has 1 saturated carbocycles. The van der Waals surface area contributed by atoms with Crippen LogP contribution in [0.4, 0.5) is 4.39 Å². The summed E-state index contributed by atoms with van der Waals surface area (Å²) >= 11 is 6.12. The van der Waals surface area contributed by atoms with E-state index in [0.717, 1.165) is 12.8 Å². The van der Waals surface area contributed by atoms with E-state index in [-0.39, 0.29) is 52.8 Å². The van der Waals surface area contributed by atoms with Crippen molar-refractivity contribution in [1.82, 2.24) is 14.2 Å². The lowest BCUT2D eigenvalue weighted by Crippen LogP contribution is -2.40. The Balaban J connectivity index is 1.57. The van der Waals surface area contributed by atoms with Crippen LogP contribution in [0.2, 0.25) is 5.02 Å². The van der Waals surface area contributed by atoms with E-state index in [2.05, 4.69) is 4.98 Å². The number of morpholine rings is 1. The first-order chi connectivity index (χ1) is 13.9. The van der Waals surface area contributed by atoms with Crippen LogP contribution in [0.1, 0.15) is 28.9 Å². The van der Waals surface area contributed by atoms with Crippen LogP contribution < -0.4 is 0 Å². The molecule has 1 aliphatic carbocycles. The van der Waals surface area contributed by atoms with E-state index < -0.39 is 15.8 Å². The molecule has 2 fully saturated rings. The predicted octanol–water partition coefficient (Wildman–Crippen LogP) is 2.63. The largest absolute Gasteiger partial charge is 0.379 e. The number of carbonyl (C=O) groups is 1. The Labute approximate surface area is 173 Å². The van der Waals surface area contributed by atoms with E-state index >= 15 is 0 Å². The molecule has 7 nitrogen and oxygen atoms in total. The zero-order valence-electron chi connectivity index (χ0n) is 15.6. The standard InChI is InChI=1S/C19H21ClFN3O4S/c20-16-2-1-3-17(21)15(16)12-24(13-4-5-13)19(25)18-10-14(11-22-18)29(26,27)23-6-8-28-9-7-23/h1-3,10-11,13,22H,4-9,12H2. The zero-order chi connectivity index (χ0) is 20.6. The molecule has 10 heteroatoms. The summed E-state index contributed by atoms with van der Waals surface area (Å²) in [6.07, 6.45) is 2.95. The van der Waals surface area contributed by atoms with Gasteiger partial charge in [-0.15, -0.1) is 0 Å². The average molecular weight is 442 g/mol. The number of hydrogen-bond acceptors (Lipinski definition) is 4. The maximum Gasteiger partial charge on any atom is 0.270 e. The number of hydrogen-bond donors (Lipinski definition) is 1. The number of rotatable bonds is 6. The molecule has 0 atom stereocenters. The minimum Gasteiger partial charge on any atom is -0.379 e. The molecule has 2 heterocycles. The van der Waals surface area contributed by atoms with Crippen LogP contribution >= 0.6 is 11.6 Å². The van der Waals surface area contributed by atoms with Gasteiger partial charge in [-0.1, -0.05) is 17.7 Å². The molecule has 0 radical (unpaired) electrons. The van der Waals surface area contributed by atoms with Crippen molar-refractivity contribution in [2.45, 2.75) is 30.3 Å². The average Bonchev–Trinajstić information content (AvgIpc) is 3.42. The zero-order valence-corrected chi connectivity index (χ0v) is 17.2. The SMILES string of the molecule is O=C(c1cc(S(=O)(=O)N2CCOCC2)c[nH]1)N(Cc1c(F)cccc1Cl)C1CC1. The molecule has 0 unspecified atom stereocenters. The number of aromatic amines is 1. The summed E-state index contributed by atoms with van der Waals surface area (Å²) in [5.41, 5.74) is 0.401. The van der Waals surface area contributed by atoms with Crippen molar-refractivity contribution in [3.63, 3.8) is 0 Å². The first kappa shape index (κ1) is 20.3. The van der Waals surface area contributed by atoms with Crippen LogP contribution in [-0.4, -0.2) is 60.9 Å². The van der Waals surface area contributed by atoms with Crippen molar-refractivity contribution in [2.24, 2.45) is 0 Å². The lowest BCUT2D eigenvalue weighted by molar-refractivity contribution is 0.0722. The van der Waals surface area contributed by atoms with Gasteiger partial charge in [0.1, 0.15) is 16.4 Å². The van der Waals surface area contributed by atoms with Crippen molar-refractivity contribution in [2.75, 3.05) is 26.3 Å². The van der Waals surface area contributed by atoms with Crippen molar-refractivity contribution in [3.05, 3.63) is 52.6 Å². The number of amides is 1. The Morgan fingerprint density at radius 1 is 1.31 bits per heavy atom. The smallest absolute Gasteiger partial charge is 0.270 e. The van der Waals surface area contributed by atoms with Gasteiger partial charge in [0.05, 0.1) is 19.8 Å². The van der Waals surface area contributed by atoms with Gasteiger partial charge in [-0.05, 0) is 31.0 Å². The molecule has 1 N–H and O–H groups in total. The van der Waals surface area contributed by atoms with E-state index in [4.69, 9.17) is 16.3 Å². The summed E-state index contributed by atoms with van der Waals surface area (Å²) in [5.74, 6) is -0.853. The number of ether oxygens (including phenoxy) is 1. The number of carbonyl (C=O) groups excluding carboxylic acids is 1. The molecule has 1 amide bonds. The molecule has 1 aromatic heterocycles. The molecule has 156 valence electrons. The molecule has 1 aliphatic heterocycles. The molecular formula is C19H21ClFN3O4S. The highest BCUT2D eigenvalue weighted by Gasteiger charge is 2.35. The number of nitrogens with zero attached hydrogens (tertiary/aromatic N) is 2. The fourth-order valence-corrected chi connectivity index (χ4v) is 4.97. The molecule has 0 bridgehead atoms. The minimum atomic E-state index is -3.71. The van der Waals surface area contributed by atoms with Gasteiger partial charge in [0, 0.05) is 35.9 Å². The lowest BCUT2D eigenvalue weighted by atomic mass is 10.2. The molecular weight excluding hydrogens is 421 g/mol. The normalized spacial score (nSPS) is 18.0. The van der Waals surface area contributed by atoms with Crippen molar-refractivity contribution < 1.29 is 22.3 Å². The number of nitrogens with one attached hydrogen (secondary N) is 1. The molecule has 29 heavy (non-hydrogen) atoms. The lowest BCUT2D eigenvalue weighted by Gasteiger charge is -2.25. The molecule has 2 aromatic rings. The van der Waals surface area contributed by atoms with Crippen LogP contribution in [0.25, 0.3) is 0 Å². The first-order valence-corrected chi connectivity index (χ1v) is 11.2. The van der Waals surface area contributed by atoms with Gasteiger partial charge >= 0.3 is 0 Å². The number of benzene rings is 1. The third-order valence-electron chi connectivity index (χ3n) is 5.13. The van der Waals surface area contributed by atoms with Crippen molar-refractivity contribution in [1.29, 1.82) is 0 Å². The molecule has 1 saturated heterocycles. The second-order valence-electron chi connectivity index (χ2n) is 7.13. The Bertz CT molecular complexity index is 996. The summed E-state index contributed by atoms with van der Waals surface area (Å²) in [4.78, 5) is 17.4. The summed E-state index contributed by atoms with van der Waals surface area (Å²) in [6, 6.07) is 5.72. The molecule has 2 aliphatic rings. The molecule has 1 aromatic carbocycles. The summed E-state index contributed by atoms with van der Waals surface area (Å²) in [6.45, 7) is 1.26. The van der Waals surface area contributed by atoms with Gasteiger partial charge in [-0.2, -0.15) is 4.31 Å². The minimum absolute atomic E-state index is 0.0132. The van der Waals surface area contributed by atoms with E-state index in [1.54, 1.807) is 11.0 Å². The van der Waals surface area contributed by atoms with Gasteiger partial charge in [0.2, 0.25) is 10.0 Å². The van der Waals surface area contributed by atoms with Gasteiger partial charge in [-0.25, -0.2) is 12.8 Å². The predicted molar refractivity (Wildman–Crippen MR) is 105 cm³/mol. The van der Waals surface area contributed by atoms with E-state index in [1.807, 2.05) is 0 Å². The van der Waals surface area contributed by atoms with Gasteiger partial charge in [0.15, 0.2) is 0 Å². The number of halogens is 2. The highest BCUT2D eigenvalue weighted by Crippen LogP contribution is 2.32. The summed E-state index contributed by atoms with van der Waals surface area (Å²) in [7, 11) is -3.71. The third kappa shape index (κ3) is 4.18. The monoisotopic (exact) mass is 441 g/mol. The highest BCUT2D eigenvalue weighted by molar-refractivity contribution is 7.89. The van der Waals surface area contributed by atoms with Crippen LogP contribution in [0.15, 0.2) is 35.4 Å². The van der Waals surface area contributed by atoms with E-state index in [9.17, 15) is 17.6 Å². The summed E-state index contributed by atoms with van der Waals surface area (Å²) < 4.78 is 46.3. The fourth-order valence-electron chi connectivity index (χ4n) is 3.34. The number of H-pyrrole nitrogens is 1. The van der Waals surface area contributed by atoms with Crippen LogP contribution in [0.5, 0.6) is 0 Å². The van der Waals surface area contributed by atoms with E-state index in [1.165, 1.54) is 28.7 Å². The second kappa shape index (κ2) is 8.06. The quantitative estimate of drug-likeness (QED) is 0.747. The molecule has 0 spiro atoms. The van der Waals surface area contributed by atoms with Crippen molar-refractivity contribution in [3.8, 4) is 0 Å². The Hall–Kier alpha value is -1.94. The van der Waals surface area contributed by atoms with E-state index in [0.29, 0.717) is 13.2 Å². The van der Waals surface area contributed by atoms with Gasteiger partial charge < -0.3 is 14.6 Å². The topological polar surface area (TPSA) is 82.7 Å². The third-order valence-corrected chi connectivity index (χ3v) is 7.36. The number of aromatic nitrogens is 1. The Morgan fingerprint density at radius 3 is 2.69 bits per heavy atom. The Kier molecular flexibility index (Phi) is 5.65. The van der Waals surface area contributed by atoms with Crippen LogP contribution in [0.3, 0.4) is 0 Å². The Morgan fingerprint density at radius 2 is 2.03 bits per heavy atom. The highest BCUT2D eigenvalue weighted by atomic mass is 35.5. The van der Waals surface area contributed by atoms with Crippen LogP contribution in [-0.2, 0) is 21.3 Å². The maximum absolute atomic E-state index is 14.2. The second-order valence-corrected chi connectivity index (χ2v) is 9.48. The van der Waals surface area contributed by atoms with Crippen molar-refractivity contribution >= 4 is 27.5 Å². The van der Waals surface area contributed by atoms with Gasteiger partial charge in [0.25, 0.3) is 5.91 Å². The molecule has 4 rings (SSSR count). The van der Waals surface area contributed by atoms with Crippen LogP contribution in [0, 0.1) is 5.82 Å². The maximum atomic E-state index is 14.2.